The summed E-state index contributed by atoms with van der Waals surface area (Å²) in [5, 5.41) is 17.8. The fraction of sp³-hybridized carbons (Fsp3) is 0.391. The number of nitrogens with zero attached hydrogens (tertiary/aromatic N) is 3. The lowest BCUT2D eigenvalue weighted by Gasteiger charge is -2.30. The molecular weight excluding hydrogens is 395 g/mol. The first-order chi connectivity index (χ1) is 14.8. The van der Waals surface area contributed by atoms with E-state index in [0.29, 0.717) is 19.5 Å². The number of amides is 1. The summed E-state index contributed by atoms with van der Waals surface area (Å²) in [6, 6.07) is 7.14. The van der Waals surface area contributed by atoms with Gasteiger partial charge in [-0.2, -0.15) is 5.26 Å². The standard InChI is InChI=1S/C23H27FN6O/c1-14-4-21(30-15(2)5-18(10-25)23(30)31)9-22(28-14)26-11-16-6-17(8-20(24)7-16)19-12-27-29(3)13-19/h4,6-9,13,15,18,22,26-28H,5,11-12H2,1-3H3/t15-,18?,22?/m0/s1. The molecule has 0 aliphatic carbocycles. The van der Waals surface area contributed by atoms with E-state index in [1.165, 1.54) is 6.07 Å². The number of hydrogen-bond acceptors (Lipinski definition) is 6. The molecule has 1 aromatic rings. The smallest absolute Gasteiger partial charge is 0.244 e. The van der Waals surface area contributed by atoms with Crippen molar-refractivity contribution in [3.8, 4) is 6.07 Å². The molecule has 3 N–H and O–H groups in total. The highest BCUT2D eigenvalue weighted by atomic mass is 19.1. The van der Waals surface area contributed by atoms with Crippen LogP contribution in [0.5, 0.6) is 0 Å². The van der Waals surface area contributed by atoms with Crippen LogP contribution in [0.4, 0.5) is 4.39 Å². The fourth-order valence-electron chi connectivity index (χ4n) is 4.33. The molecule has 3 aliphatic heterocycles. The van der Waals surface area contributed by atoms with Crippen LogP contribution in [0.2, 0.25) is 0 Å². The van der Waals surface area contributed by atoms with E-state index < -0.39 is 5.92 Å². The highest BCUT2D eigenvalue weighted by molar-refractivity contribution is 5.86. The van der Waals surface area contributed by atoms with E-state index in [-0.39, 0.29) is 23.9 Å². The maximum atomic E-state index is 14.2. The van der Waals surface area contributed by atoms with Crippen molar-refractivity contribution in [2.24, 2.45) is 5.92 Å². The van der Waals surface area contributed by atoms with E-state index in [2.05, 4.69) is 22.1 Å². The molecule has 3 aliphatic rings. The van der Waals surface area contributed by atoms with Crippen molar-refractivity contribution in [2.75, 3.05) is 13.6 Å². The Balaban J connectivity index is 1.48. The second-order valence-electron chi connectivity index (χ2n) is 8.34. The fourth-order valence-corrected chi connectivity index (χ4v) is 4.33. The Hall–Kier alpha value is -3.15. The first-order valence-electron chi connectivity index (χ1n) is 10.4. The van der Waals surface area contributed by atoms with Crippen molar-refractivity contribution in [3.05, 3.63) is 64.9 Å². The predicted octanol–water partition coefficient (Wildman–Crippen LogP) is 2.18. The van der Waals surface area contributed by atoms with E-state index in [9.17, 15) is 14.4 Å². The highest BCUT2D eigenvalue weighted by Crippen LogP contribution is 2.30. The third-order valence-corrected chi connectivity index (χ3v) is 5.79. The van der Waals surface area contributed by atoms with Crippen LogP contribution in [0.15, 0.2) is 47.9 Å². The molecule has 1 amide bonds. The topological polar surface area (TPSA) is 83.4 Å². The number of benzene rings is 1. The van der Waals surface area contributed by atoms with Crippen LogP contribution in [0.3, 0.4) is 0 Å². The van der Waals surface area contributed by atoms with E-state index in [1.807, 2.05) is 50.3 Å². The van der Waals surface area contributed by atoms with Gasteiger partial charge in [-0.3, -0.25) is 10.1 Å². The zero-order chi connectivity index (χ0) is 22.1. The number of hydrazine groups is 1. The molecule has 4 rings (SSSR count). The van der Waals surface area contributed by atoms with Gasteiger partial charge in [0, 0.05) is 43.8 Å². The van der Waals surface area contributed by atoms with Crippen molar-refractivity contribution >= 4 is 11.5 Å². The predicted molar refractivity (Wildman–Crippen MR) is 116 cm³/mol. The molecule has 2 unspecified atom stereocenters. The lowest BCUT2D eigenvalue weighted by atomic mass is 10.0. The van der Waals surface area contributed by atoms with Gasteiger partial charge in [0.1, 0.15) is 11.7 Å². The zero-order valence-corrected chi connectivity index (χ0v) is 17.9. The molecule has 162 valence electrons. The second kappa shape index (κ2) is 8.53. The van der Waals surface area contributed by atoms with Crippen LogP contribution >= 0.6 is 0 Å². The van der Waals surface area contributed by atoms with Gasteiger partial charge in [-0.05, 0) is 67.3 Å². The quantitative estimate of drug-likeness (QED) is 0.675. The zero-order valence-electron chi connectivity index (χ0n) is 17.9. The minimum atomic E-state index is -0.588. The van der Waals surface area contributed by atoms with Crippen LogP contribution < -0.4 is 16.1 Å². The molecule has 1 fully saturated rings. The van der Waals surface area contributed by atoms with Crippen LogP contribution in [0.25, 0.3) is 5.57 Å². The summed E-state index contributed by atoms with van der Waals surface area (Å²) in [5.41, 5.74) is 7.60. The number of rotatable bonds is 5. The monoisotopic (exact) mass is 422 g/mol. The Morgan fingerprint density at radius 2 is 2.16 bits per heavy atom. The van der Waals surface area contributed by atoms with Gasteiger partial charge in [-0.15, -0.1) is 0 Å². The highest BCUT2D eigenvalue weighted by Gasteiger charge is 2.39. The molecule has 1 aromatic carbocycles. The van der Waals surface area contributed by atoms with Crippen molar-refractivity contribution < 1.29 is 9.18 Å². The Bertz CT molecular complexity index is 1020. The summed E-state index contributed by atoms with van der Waals surface area (Å²) in [6.45, 7) is 5.02. The van der Waals surface area contributed by atoms with Crippen LogP contribution in [0.1, 0.15) is 31.4 Å². The summed E-state index contributed by atoms with van der Waals surface area (Å²) in [6.07, 6.45) is 6.14. The summed E-state index contributed by atoms with van der Waals surface area (Å²) in [4.78, 5) is 14.3. The van der Waals surface area contributed by atoms with Gasteiger partial charge in [-0.1, -0.05) is 0 Å². The Labute approximate surface area is 181 Å². The maximum absolute atomic E-state index is 14.2. The van der Waals surface area contributed by atoms with Crippen LogP contribution in [0, 0.1) is 23.1 Å². The number of carbonyl (C=O) groups excluding carboxylic acids is 1. The minimum absolute atomic E-state index is 0.0246. The van der Waals surface area contributed by atoms with Gasteiger partial charge in [0.15, 0.2) is 0 Å². The number of hydrogen-bond donors (Lipinski definition) is 3. The summed E-state index contributed by atoms with van der Waals surface area (Å²) >= 11 is 0. The average molecular weight is 423 g/mol. The number of nitrogens with one attached hydrogen (secondary N) is 3. The number of halogens is 1. The molecule has 8 heteroatoms. The van der Waals surface area contributed by atoms with E-state index in [4.69, 9.17) is 0 Å². The summed E-state index contributed by atoms with van der Waals surface area (Å²) < 4.78 is 14.2. The van der Waals surface area contributed by atoms with Crippen molar-refractivity contribution in [2.45, 2.75) is 39.0 Å². The number of nitriles is 1. The second-order valence-corrected chi connectivity index (χ2v) is 8.34. The first kappa shape index (κ1) is 21.1. The molecule has 0 radical (unpaired) electrons. The molecule has 3 heterocycles. The number of carbonyl (C=O) groups is 1. The maximum Gasteiger partial charge on any atom is 0.244 e. The Morgan fingerprint density at radius 3 is 2.84 bits per heavy atom. The minimum Gasteiger partial charge on any atom is -0.370 e. The van der Waals surface area contributed by atoms with Gasteiger partial charge in [0.05, 0.1) is 12.2 Å². The molecule has 7 nitrogen and oxygen atoms in total. The number of likely N-dealkylation sites (tertiary alicyclic amines) is 1. The van der Waals surface area contributed by atoms with Crippen LogP contribution in [-0.2, 0) is 11.3 Å². The average Bonchev–Trinajstić information content (AvgIpc) is 3.28. The van der Waals surface area contributed by atoms with Crippen LogP contribution in [-0.4, -0.2) is 41.6 Å². The van der Waals surface area contributed by atoms with Gasteiger partial charge in [-0.25, -0.2) is 9.82 Å². The normalized spacial score (nSPS) is 25.7. The third kappa shape index (κ3) is 4.48. The molecule has 0 saturated carbocycles. The van der Waals surface area contributed by atoms with Crippen molar-refractivity contribution in [3.63, 3.8) is 0 Å². The SMILES string of the molecule is CC1=CC(N2C(=O)C(C#N)C[C@@H]2C)=CC(NCc2cc(F)cc(C3=CN(C)NC3)c2)N1. The molecule has 31 heavy (non-hydrogen) atoms. The van der Waals surface area contributed by atoms with Crippen molar-refractivity contribution in [1.29, 1.82) is 5.26 Å². The van der Waals surface area contributed by atoms with Gasteiger partial charge in [0.2, 0.25) is 5.91 Å². The summed E-state index contributed by atoms with van der Waals surface area (Å²) in [5.74, 6) is -1.01. The molecule has 3 atom stereocenters. The summed E-state index contributed by atoms with van der Waals surface area (Å²) in [7, 11) is 1.91. The first-order valence-corrected chi connectivity index (χ1v) is 10.4. The third-order valence-electron chi connectivity index (χ3n) is 5.79. The Morgan fingerprint density at radius 1 is 1.35 bits per heavy atom. The molecule has 0 aromatic heterocycles. The molecule has 0 spiro atoms. The molecule has 1 saturated heterocycles. The lowest BCUT2D eigenvalue weighted by Crippen LogP contribution is -2.43. The van der Waals surface area contributed by atoms with E-state index in [1.54, 1.807) is 11.0 Å². The lowest BCUT2D eigenvalue weighted by molar-refractivity contribution is -0.128. The van der Waals surface area contributed by atoms with Gasteiger partial charge in [0.25, 0.3) is 0 Å². The molecule has 0 bridgehead atoms. The molecular formula is C23H27FN6O. The van der Waals surface area contributed by atoms with Crippen molar-refractivity contribution in [1.82, 2.24) is 26.0 Å². The number of dihydropyridines is 1. The Kier molecular flexibility index (Phi) is 5.81. The van der Waals surface area contributed by atoms with Gasteiger partial charge < -0.3 is 15.2 Å². The number of allylic oxidation sites excluding steroid dienone is 2. The van der Waals surface area contributed by atoms with E-state index in [0.717, 1.165) is 28.1 Å². The van der Waals surface area contributed by atoms with Gasteiger partial charge >= 0.3 is 0 Å². The van der Waals surface area contributed by atoms with E-state index >= 15 is 0 Å². The largest absolute Gasteiger partial charge is 0.370 e.